The Kier molecular flexibility index (Phi) is 3.10. The van der Waals surface area contributed by atoms with Gasteiger partial charge >= 0.3 is 5.97 Å². The molecule has 0 fully saturated rings. The SMILES string of the molecule is O=C(O)c1ccc(C2(O)CCCCc3ccccc32)o1. The molecule has 2 aromatic rings. The molecule has 2 N–H and O–H groups in total. The molecule has 104 valence electrons. The zero-order valence-electron chi connectivity index (χ0n) is 11.0. The second kappa shape index (κ2) is 4.80. The fourth-order valence-electron chi connectivity index (χ4n) is 2.90. The van der Waals surface area contributed by atoms with Gasteiger partial charge in [0.2, 0.25) is 5.76 Å². The molecule has 1 aromatic carbocycles. The number of furan rings is 1. The van der Waals surface area contributed by atoms with Crippen molar-refractivity contribution in [2.45, 2.75) is 31.3 Å². The first-order valence-corrected chi connectivity index (χ1v) is 6.75. The quantitative estimate of drug-likeness (QED) is 0.825. The minimum atomic E-state index is -1.24. The average Bonchev–Trinajstić information content (AvgIpc) is 2.88. The van der Waals surface area contributed by atoms with E-state index in [1.165, 1.54) is 6.07 Å². The lowest BCUT2D eigenvalue weighted by atomic mass is 9.86. The molecule has 4 nitrogen and oxygen atoms in total. The summed E-state index contributed by atoms with van der Waals surface area (Å²) < 4.78 is 5.35. The molecule has 0 bridgehead atoms. The van der Waals surface area contributed by atoms with Crippen LogP contribution >= 0.6 is 0 Å². The van der Waals surface area contributed by atoms with E-state index < -0.39 is 11.6 Å². The Morgan fingerprint density at radius 1 is 1.15 bits per heavy atom. The van der Waals surface area contributed by atoms with Crippen LogP contribution in [0.2, 0.25) is 0 Å². The summed E-state index contributed by atoms with van der Waals surface area (Å²) in [7, 11) is 0. The number of hydrogen-bond acceptors (Lipinski definition) is 3. The van der Waals surface area contributed by atoms with E-state index in [0.29, 0.717) is 12.2 Å². The predicted octanol–water partition coefficient (Wildman–Crippen LogP) is 2.94. The van der Waals surface area contributed by atoms with Gasteiger partial charge in [0.15, 0.2) is 0 Å². The lowest BCUT2D eigenvalue weighted by molar-refractivity contribution is 0.0430. The standard InChI is InChI=1S/C16H16O4/c17-15(18)13-8-9-14(20-13)16(19)10-4-3-6-11-5-1-2-7-12(11)16/h1-2,5,7-9,19H,3-4,6,10H2,(H,17,18). The van der Waals surface area contributed by atoms with Crippen LogP contribution in [0.3, 0.4) is 0 Å². The first kappa shape index (κ1) is 12.9. The Hall–Kier alpha value is -2.07. The molecule has 1 heterocycles. The predicted molar refractivity (Wildman–Crippen MR) is 72.7 cm³/mol. The number of carboxylic acids is 1. The zero-order valence-corrected chi connectivity index (χ0v) is 11.0. The van der Waals surface area contributed by atoms with Crippen LogP contribution in [0.5, 0.6) is 0 Å². The Balaban J connectivity index is 2.11. The molecule has 20 heavy (non-hydrogen) atoms. The highest BCUT2D eigenvalue weighted by atomic mass is 16.4. The highest BCUT2D eigenvalue weighted by Crippen LogP contribution is 2.40. The Labute approximate surface area is 116 Å². The van der Waals surface area contributed by atoms with Crippen LogP contribution in [-0.4, -0.2) is 16.2 Å². The number of aliphatic hydroxyl groups is 1. The van der Waals surface area contributed by atoms with Crippen molar-refractivity contribution in [1.82, 2.24) is 0 Å². The first-order chi connectivity index (χ1) is 9.61. The largest absolute Gasteiger partial charge is 0.475 e. The van der Waals surface area contributed by atoms with E-state index in [4.69, 9.17) is 9.52 Å². The van der Waals surface area contributed by atoms with Gasteiger partial charge in [-0.1, -0.05) is 24.3 Å². The van der Waals surface area contributed by atoms with E-state index in [0.717, 1.165) is 30.4 Å². The molecule has 0 saturated carbocycles. The summed E-state index contributed by atoms with van der Waals surface area (Å²) in [5, 5.41) is 20.0. The van der Waals surface area contributed by atoms with Gasteiger partial charge in [-0.15, -0.1) is 0 Å². The minimum absolute atomic E-state index is 0.143. The number of carbonyl (C=O) groups is 1. The number of aromatic carboxylic acids is 1. The Morgan fingerprint density at radius 3 is 2.70 bits per heavy atom. The molecule has 1 aliphatic rings. The third-order valence-corrected chi connectivity index (χ3v) is 3.92. The van der Waals surface area contributed by atoms with Crippen molar-refractivity contribution in [3.05, 3.63) is 59.0 Å². The van der Waals surface area contributed by atoms with E-state index >= 15 is 0 Å². The molecule has 0 spiro atoms. The van der Waals surface area contributed by atoms with Crippen LogP contribution < -0.4 is 0 Å². The lowest BCUT2D eigenvalue weighted by Crippen LogP contribution is -2.27. The highest BCUT2D eigenvalue weighted by molar-refractivity contribution is 5.84. The zero-order chi connectivity index (χ0) is 14.2. The normalized spacial score (nSPS) is 22.1. The summed E-state index contributed by atoms with van der Waals surface area (Å²) in [5.41, 5.74) is 0.686. The number of aryl methyl sites for hydroxylation is 1. The molecule has 4 heteroatoms. The van der Waals surface area contributed by atoms with Crippen LogP contribution in [-0.2, 0) is 12.0 Å². The molecule has 0 radical (unpaired) electrons. The third kappa shape index (κ3) is 2.02. The second-order valence-corrected chi connectivity index (χ2v) is 5.19. The first-order valence-electron chi connectivity index (χ1n) is 6.75. The molecule has 0 amide bonds. The number of fused-ring (bicyclic) bond motifs is 1. The Bertz CT molecular complexity index is 643. The molecule has 0 saturated heterocycles. The van der Waals surface area contributed by atoms with Gasteiger partial charge in [0, 0.05) is 0 Å². The van der Waals surface area contributed by atoms with Crippen molar-refractivity contribution < 1.29 is 19.4 Å². The van der Waals surface area contributed by atoms with Gasteiger partial charge in [0.25, 0.3) is 0 Å². The van der Waals surface area contributed by atoms with E-state index in [1.807, 2.05) is 24.3 Å². The summed E-state index contributed by atoms with van der Waals surface area (Å²) in [5.74, 6) is -0.957. The van der Waals surface area contributed by atoms with Gasteiger partial charge in [0.1, 0.15) is 11.4 Å². The third-order valence-electron chi connectivity index (χ3n) is 3.92. The van der Waals surface area contributed by atoms with Gasteiger partial charge in [0.05, 0.1) is 0 Å². The van der Waals surface area contributed by atoms with E-state index in [-0.39, 0.29) is 5.76 Å². The maximum Gasteiger partial charge on any atom is 0.371 e. The molecule has 0 aliphatic heterocycles. The van der Waals surface area contributed by atoms with Gasteiger partial charge in [-0.25, -0.2) is 4.79 Å². The van der Waals surface area contributed by atoms with E-state index in [1.54, 1.807) is 6.07 Å². The highest BCUT2D eigenvalue weighted by Gasteiger charge is 2.37. The van der Waals surface area contributed by atoms with Crippen molar-refractivity contribution >= 4 is 5.97 Å². The molecule has 1 unspecified atom stereocenters. The minimum Gasteiger partial charge on any atom is -0.475 e. The summed E-state index contributed by atoms with van der Waals surface area (Å²) in [6.45, 7) is 0. The monoisotopic (exact) mass is 272 g/mol. The van der Waals surface area contributed by atoms with E-state index in [2.05, 4.69) is 0 Å². The van der Waals surface area contributed by atoms with Crippen molar-refractivity contribution in [2.24, 2.45) is 0 Å². The van der Waals surface area contributed by atoms with Gasteiger partial charge in [-0.05, 0) is 48.9 Å². The van der Waals surface area contributed by atoms with Crippen LogP contribution in [0.4, 0.5) is 0 Å². The summed E-state index contributed by atoms with van der Waals surface area (Å²) in [4.78, 5) is 10.9. The summed E-state index contributed by atoms with van der Waals surface area (Å²) in [6, 6.07) is 10.7. The topological polar surface area (TPSA) is 70.7 Å². The van der Waals surface area contributed by atoms with Crippen LogP contribution in [0.15, 0.2) is 40.8 Å². The molecular weight excluding hydrogens is 256 g/mol. The number of hydrogen-bond donors (Lipinski definition) is 2. The maximum absolute atomic E-state index is 11.1. The molecule has 3 rings (SSSR count). The molecule has 1 atom stereocenters. The van der Waals surface area contributed by atoms with Crippen LogP contribution in [0, 0.1) is 0 Å². The van der Waals surface area contributed by atoms with Gasteiger partial charge < -0.3 is 14.6 Å². The lowest BCUT2D eigenvalue weighted by Gasteiger charge is -2.26. The second-order valence-electron chi connectivity index (χ2n) is 5.19. The molecule has 1 aliphatic carbocycles. The molecular formula is C16H16O4. The van der Waals surface area contributed by atoms with Crippen molar-refractivity contribution in [3.8, 4) is 0 Å². The number of rotatable bonds is 2. The fraction of sp³-hybridized carbons (Fsp3) is 0.312. The smallest absolute Gasteiger partial charge is 0.371 e. The number of carboxylic acid groups (broad SMARTS) is 1. The van der Waals surface area contributed by atoms with Crippen molar-refractivity contribution in [3.63, 3.8) is 0 Å². The number of benzene rings is 1. The average molecular weight is 272 g/mol. The van der Waals surface area contributed by atoms with Crippen LogP contribution in [0.25, 0.3) is 0 Å². The van der Waals surface area contributed by atoms with Crippen molar-refractivity contribution in [1.29, 1.82) is 0 Å². The fourth-order valence-corrected chi connectivity index (χ4v) is 2.90. The van der Waals surface area contributed by atoms with Gasteiger partial charge in [-0.3, -0.25) is 0 Å². The maximum atomic E-state index is 11.1. The molecule has 1 aromatic heterocycles. The summed E-state index contributed by atoms with van der Waals surface area (Å²) in [6.07, 6.45) is 3.33. The van der Waals surface area contributed by atoms with E-state index in [9.17, 15) is 9.90 Å². The summed E-state index contributed by atoms with van der Waals surface area (Å²) >= 11 is 0. The van der Waals surface area contributed by atoms with Crippen molar-refractivity contribution in [2.75, 3.05) is 0 Å². The van der Waals surface area contributed by atoms with Gasteiger partial charge in [-0.2, -0.15) is 0 Å². The Morgan fingerprint density at radius 2 is 1.95 bits per heavy atom. The van der Waals surface area contributed by atoms with Crippen LogP contribution in [0.1, 0.15) is 46.7 Å².